The smallest absolute Gasteiger partial charge is 0.258 e. The average molecular weight is 232 g/mol. The minimum absolute atomic E-state index is 0.160. The lowest BCUT2D eigenvalue weighted by Gasteiger charge is -2.32. The summed E-state index contributed by atoms with van der Waals surface area (Å²) in [4.78, 5) is 17.3. The number of piperazine rings is 1. The summed E-state index contributed by atoms with van der Waals surface area (Å²) in [5, 5.41) is 21.6. The highest BCUT2D eigenvalue weighted by Crippen LogP contribution is 2.18. The second-order valence-electron chi connectivity index (χ2n) is 3.74. The fourth-order valence-corrected chi connectivity index (χ4v) is 1.78. The van der Waals surface area contributed by atoms with Crippen LogP contribution in [0.5, 0.6) is 5.75 Å². The predicted octanol–water partition coefficient (Wildman–Crippen LogP) is -0.275. The van der Waals surface area contributed by atoms with Crippen molar-refractivity contribution in [2.75, 3.05) is 19.6 Å². The van der Waals surface area contributed by atoms with Crippen LogP contribution in [-0.2, 0) is 0 Å². The second-order valence-corrected chi connectivity index (χ2v) is 3.74. The Morgan fingerprint density at radius 3 is 3.24 bits per heavy atom. The molecule has 1 aromatic rings. The van der Waals surface area contributed by atoms with Crippen molar-refractivity contribution in [3.8, 4) is 11.8 Å². The van der Waals surface area contributed by atoms with Gasteiger partial charge >= 0.3 is 0 Å². The van der Waals surface area contributed by atoms with Gasteiger partial charge in [-0.3, -0.25) is 9.78 Å². The van der Waals surface area contributed by atoms with Crippen molar-refractivity contribution in [1.82, 2.24) is 15.2 Å². The topological polar surface area (TPSA) is 89.3 Å². The lowest BCUT2D eigenvalue weighted by Crippen LogP contribution is -2.53. The number of nitrogens with one attached hydrogen (secondary N) is 1. The summed E-state index contributed by atoms with van der Waals surface area (Å²) in [6.45, 7) is 1.56. The molecule has 17 heavy (non-hydrogen) atoms. The van der Waals surface area contributed by atoms with Crippen LogP contribution in [0.25, 0.3) is 0 Å². The summed E-state index contributed by atoms with van der Waals surface area (Å²) in [6.07, 6.45) is 2.66. The van der Waals surface area contributed by atoms with Crippen LogP contribution < -0.4 is 5.32 Å². The van der Waals surface area contributed by atoms with E-state index in [2.05, 4.69) is 16.4 Å². The number of amides is 1. The standard InChI is InChI=1S/C11H12N4O2/c12-5-8-6-14-3-4-15(8)11(17)9-1-2-13-7-10(9)16/h1-2,7-8,14,16H,3-4,6H2. The van der Waals surface area contributed by atoms with E-state index in [0.717, 1.165) is 0 Å². The molecule has 2 N–H and O–H groups in total. The summed E-state index contributed by atoms with van der Waals surface area (Å²) in [7, 11) is 0. The molecule has 1 atom stereocenters. The van der Waals surface area contributed by atoms with Gasteiger partial charge in [-0.1, -0.05) is 0 Å². The van der Waals surface area contributed by atoms with Crippen LogP contribution in [0.4, 0.5) is 0 Å². The first-order chi connectivity index (χ1) is 8.24. The fraction of sp³-hybridized carbons (Fsp3) is 0.364. The Morgan fingerprint density at radius 1 is 1.71 bits per heavy atom. The molecular weight excluding hydrogens is 220 g/mol. The normalized spacial score (nSPS) is 19.7. The summed E-state index contributed by atoms with van der Waals surface area (Å²) < 4.78 is 0. The van der Waals surface area contributed by atoms with E-state index < -0.39 is 6.04 Å². The van der Waals surface area contributed by atoms with E-state index in [1.807, 2.05) is 0 Å². The lowest BCUT2D eigenvalue weighted by atomic mass is 10.1. The number of hydrogen-bond donors (Lipinski definition) is 2. The zero-order chi connectivity index (χ0) is 12.3. The molecule has 1 unspecified atom stereocenters. The molecule has 1 aliphatic heterocycles. The van der Waals surface area contributed by atoms with Gasteiger partial charge in [0.2, 0.25) is 0 Å². The van der Waals surface area contributed by atoms with E-state index >= 15 is 0 Å². The number of carbonyl (C=O) groups excluding carboxylic acids is 1. The molecule has 2 rings (SSSR count). The third kappa shape index (κ3) is 2.19. The van der Waals surface area contributed by atoms with Gasteiger partial charge in [0.15, 0.2) is 0 Å². The van der Waals surface area contributed by atoms with Crippen molar-refractivity contribution in [3.05, 3.63) is 24.0 Å². The van der Waals surface area contributed by atoms with Crippen molar-refractivity contribution in [3.63, 3.8) is 0 Å². The molecule has 0 saturated carbocycles. The number of aromatic hydroxyl groups is 1. The van der Waals surface area contributed by atoms with Crippen molar-refractivity contribution in [2.45, 2.75) is 6.04 Å². The van der Waals surface area contributed by atoms with Crippen LogP contribution in [0.3, 0.4) is 0 Å². The van der Waals surface area contributed by atoms with Crippen LogP contribution in [0.1, 0.15) is 10.4 Å². The van der Waals surface area contributed by atoms with Gasteiger partial charge in [0, 0.05) is 25.8 Å². The fourth-order valence-electron chi connectivity index (χ4n) is 1.78. The number of nitriles is 1. The molecule has 88 valence electrons. The molecule has 0 spiro atoms. The molecule has 1 fully saturated rings. The largest absolute Gasteiger partial charge is 0.505 e. The minimum atomic E-state index is -0.496. The first-order valence-electron chi connectivity index (χ1n) is 5.28. The van der Waals surface area contributed by atoms with Gasteiger partial charge in [-0.2, -0.15) is 5.26 Å². The number of rotatable bonds is 1. The quantitative estimate of drug-likeness (QED) is 0.695. The molecule has 1 aromatic heterocycles. The molecule has 0 bridgehead atoms. The molecule has 1 aliphatic rings. The van der Waals surface area contributed by atoms with Crippen molar-refractivity contribution < 1.29 is 9.90 Å². The van der Waals surface area contributed by atoms with Crippen LogP contribution in [-0.4, -0.2) is 46.6 Å². The van der Waals surface area contributed by atoms with Crippen LogP contribution in [0.15, 0.2) is 18.5 Å². The summed E-state index contributed by atoms with van der Waals surface area (Å²) >= 11 is 0. The van der Waals surface area contributed by atoms with Crippen molar-refractivity contribution in [1.29, 1.82) is 5.26 Å². The van der Waals surface area contributed by atoms with E-state index in [4.69, 9.17) is 5.26 Å². The molecule has 6 nitrogen and oxygen atoms in total. The van der Waals surface area contributed by atoms with Gasteiger partial charge in [0.05, 0.1) is 17.8 Å². The summed E-state index contributed by atoms with van der Waals surface area (Å²) in [6, 6.07) is 3.03. The zero-order valence-corrected chi connectivity index (χ0v) is 9.13. The molecule has 1 saturated heterocycles. The van der Waals surface area contributed by atoms with Crippen LogP contribution in [0, 0.1) is 11.3 Å². The zero-order valence-electron chi connectivity index (χ0n) is 9.13. The Kier molecular flexibility index (Phi) is 3.21. The third-order valence-electron chi connectivity index (χ3n) is 2.68. The highest BCUT2D eigenvalue weighted by molar-refractivity contribution is 5.97. The number of hydrogen-bond acceptors (Lipinski definition) is 5. The number of aromatic nitrogens is 1. The maximum atomic E-state index is 12.1. The van der Waals surface area contributed by atoms with E-state index in [1.165, 1.54) is 23.4 Å². The average Bonchev–Trinajstić information content (AvgIpc) is 2.38. The van der Waals surface area contributed by atoms with Crippen LogP contribution >= 0.6 is 0 Å². The first kappa shape index (κ1) is 11.4. The molecule has 6 heteroatoms. The van der Waals surface area contributed by atoms with E-state index in [9.17, 15) is 9.90 Å². The number of nitrogens with zero attached hydrogens (tertiary/aromatic N) is 3. The van der Waals surface area contributed by atoms with Crippen molar-refractivity contribution in [2.24, 2.45) is 0 Å². The van der Waals surface area contributed by atoms with E-state index in [1.54, 1.807) is 0 Å². The Morgan fingerprint density at radius 2 is 2.53 bits per heavy atom. The number of carbonyl (C=O) groups is 1. The highest BCUT2D eigenvalue weighted by atomic mass is 16.3. The Hall–Kier alpha value is -2.13. The maximum absolute atomic E-state index is 12.1. The first-order valence-corrected chi connectivity index (χ1v) is 5.28. The van der Waals surface area contributed by atoms with Gasteiger partial charge < -0.3 is 15.3 Å². The highest BCUT2D eigenvalue weighted by Gasteiger charge is 2.28. The van der Waals surface area contributed by atoms with Gasteiger partial charge in [-0.15, -0.1) is 0 Å². The van der Waals surface area contributed by atoms with Gasteiger partial charge in [0.25, 0.3) is 5.91 Å². The molecule has 1 amide bonds. The Bertz CT molecular complexity index is 469. The van der Waals surface area contributed by atoms with Crippen molar-refractivity contribution >= 4 is 5.91 Å². The summed E-state index contributed by atoms with van der Waals surface area (Å²) in [5.74, 6) is -0.495. The molecule has 0 radical (unpaired) electrons. The Labute approximate surface area is 98.5 Å². The molecule has 0 aliphatic carbocycles. The number of pyridine rings is 1. The Balaban J connectivity index is 2.25. The van der Waals surface area contributed by atoms with E-state index in [0.29, 0.717) is 19.6 Å². The molecule has 0 aromatic carbocycles. The van der Waals surface area contributed by atoms with Gasteiger partial charge in [-0.25, -0.2) is 0 Å². The lowest BCUT2D eigenvalue weighted by molar-refractivity contribution is 0.0684. The van der Waals surface area contributed by atoms with Gasteiger partial charge in [0.1, 0.15) is 11.8 Å². The van der Waals surface area contributed by atoms with Gasteiger partial charge in [-0.05, 0) is 6.07 Å². The van der Waals surface area contributed by atoms with Crippen LogP contribution in [0.2, 0.25) is 0 Å². The maximum Gasteiger partial charge on any atom is 0.258 e. The SMILES string of the molecule is N#CC1CNCCN1C(=O)c1ccncc1O. The third-order valence-corrected chi connectivity index (χ3v) is 2.68. The predicted molar refractivity (Wildman–Crippen MR) is 59.2 cm³/mol. The molecular formula is C11H12N4O2. The summed E-state index contributed by atoms with van der Waals surface area (Å²) in [5.41, 5.74) is 0.183. The second kappa shape index (κ2) is 4.80. The molecule has 2 heterocycles. The van der Waals surface area contributed by atoms with E-state index in [-0.39, 0.29) is 17.2 Å². The monoisotopic (exact) mass is 232 g/mol. The minimum Gasteiger partial charge on any atom is -0.505 e.